The lowest BCUT2D eigenvalue weighted by atomic mass is 9.79. The molecule has 1 aliphatic rings. The predicted octanol–water partition coefficient (Wildman–Crippen LogP) is 1.58. The van der Waals surface area contributed by atoms with Crippen molar-refractivity contribution in [3.63, 3.8) is 0 Å². The fourth-order valence-electron chi connectivity index (χ4n) is 2.99. The van der Waals surface area contributed by atoms with Gasteiger partial charge in [-0.05, 0) is 37.6 Å². The molecule has 2 rings (SSSR count). The third-order valence-corrected chi connectivity index (χ3v) is 4.12. The lowest BCUT2D eigenvalue weighted by Gasteiger charge is -2.30. The maximum atomic E-state index is 9.40. The largest absolute Gasteiger partial charge is 0.396 e. The zero-order chi connectivity index (χ0) is 13.5. The highest BCUT2D eigenvalue weighted by atomic mass is 16.3. The molecule has 5 heteroatoms. The number of hydrogen-bond donors (Lipinski definition) is 2. The van der Waals surface area contributed by atoms with E-state index < -0.39 is 0 Å². The summed E-state index contributed by atoms with van der Waals surface area (Å²) >= 11 is 0. The average Bonchev–Trinajstić information content (AvgIpc) is 2.87. The molecule has 0 aliphatic heterocycles. The molecule has 1 saturated carbocycles. The fraction of sp³-hybridized carbons (Fsp3) is 0.857. The van der Waals surface area contributed by atoms with Crippen LogP contribution in [0, 0.1) is 11.8 Å². The van der Waals surface area contributed by atoms with Crippen LogP contribution in [0.15, 0.2) is 6.33 Å². The highest BCUT2D eigenvalue weighted by Crippen LogP contribution is 2.29. The monoisotopic (exact) mass is 266 g/mol. The van der Waals surface area contributed by atoms with Gasteiger partial charge in [-0.2, -0.15) is 5.10 Å². The van der Waals surface area contributed by atoms with Gasteiger partial charge in [0.25, 0.3) is 0 Å². The van der Waals surface area contributed by atoms with Crippen LogP contribution in [0.3, 0.4) is 0 Å². The Morgan fingerprint density at radius 1 is 1.37 bits per heavy atom. The number of hydrogen-bond acceptors (Lipinski definition) is 4. The van der Waals surface area contributed by atoms with Crippen molar-refractivity contribution in [3.05, 3.63) is 12.2 Å². The fourth-order valence-corrected chi connectivity index (χ4v) is 2.99. The summed E-state index contributed by atoms with van der Waals surface area (Å²) < 4.78 is 1.97. The molecule has 19 heavy (non-hydrogen) atoms. The first-order valence-electron chi connectivity index (χ1n) is 7.53. The average molecular weight is 266 g/mol. The molecule has 1 aromatic rings. The number of nitrogens with zero attached hydrogens (tertiary/aromatic N) is 3. The molecule has 108 valence electrons. The molecule has 1 heterocycles. The number of aromatic nitrogens is 3. The van der Waals surface area contributed by atoms with Gasteiger partial charge >= 0.3 is 0 Å². The summed E-state index contributed by atoms with van der Waals surface area (Å²) in [7, 11) is 0. The molecule has 1 aliphatic carbocycles. The molecule has 0 radical (unpaired) electrons. The predicted molar refractivity (Wildman–Crippen MR) is 74.6 cm³/mol. The lowest BCUT2D eigenvalue weighted by Crippen LogP contribution is -2.32. The summed E-state index contributed by atoms with van der Waals surface area (Å²) in [6.45, 7) is 5.16. The van der Waals surface area contributed by atoms with Gasteiger partial charge in [0.2, 0.25) is 0 Å². The maximum Gasteiger partial charge on any atom is 0.140 e. The number of aliphatic hydroxyl groups is 1. The van der Waals surface area contributed by atoms with Crippen LogP contribution in [0.25, 0.3) is 0 Å². The number of nitrogens with one attached hydrogen (secondary N) is 1. The van der Waals surface area contributed by atoms with Crippen LogP contribution in [0.5, 0.6) is 0 Å². The molecule has 1 aromatic heterocycles. The lowest BCUT2D eigenvalue weighted by molar-refractivity contribution is 0.133. The standard InChI is InChI=1S/C14H26N4O/c1-2-7-18-14(16-11-17-18)9-15-8-12-5-3-4-6-13(12)10-19/h11-13,15,19H,2-10H2,1H3. The normalized spacial score (nSPS) is 23.7. The zero-order valence-corrected chi connectivity index (χ0v) is 11.9. The Labute approximate surface area is 115 Å². The summed E-state index contributed by atoms with van der Waals surface area (Å²) in [5, 5.41) is 17.1. The summed E-state index contributed by atoms with van der Waals surface area (Å²) in [6.07, 6.45) is 7.69. The second-order valence-electron chi connectivity index (χ2n) is 5.52. The van der Waals surface area contributed by atoms with Crippen LogP contribution in [-0.2, 0) is 13.1 Å². The Bertz CT molecular complexity index is 366. The summed E-state index contributed by atoms with van der Waals surface area (Å²) in [6, 6.07) is 0. The van der Waals surface area contributed by atoms with Gasteiger partial charge in [0.05, 0.1) is 6.54 Å². The Hall–Kier alpha value is -0.940. The summed E-state index contributed by atoms with van der Waals surface area (Å²) in [4.78, 5) is 4.30. The van der Waals surface area contributed by atoms with E-state index in [4.69, 9.17) is 0 Å². The van der Waals surface area contributed by atoms with Crippen molar-refractivity contribution in [1.82, 2.24) is 20.1 Å². The van der Waals surface area contributed by atoms with Crippen molar-refractivity contribution in [2.45, 2.75) is 52.1 Å². The van der Waals surface area contributed by atoms with E-state index in [1.807, 2.05) is 4.68 Å². The molecule has 0 amide bonds. The first-order chi connectivity index (χ1) is 9.35. The molecule has 1 fully saturated rings. The van der Waals surface area contributed by atoms with E-state index in [9.17, 15) is 5.11 Å². The first-order valence-corrected chi connectivity index (χ1v) is 7.53. The van der Waals surface area contributed by atoms with Crippen molar-refractivity contribution in [2.75, 3.05) is 13.2 Å². The maximum absolute atomic E-state index is 9.40. The van der Waals surface area contributed by atoms with Crippen LogP contribution in [0.2, 0.25) is 0 Å². The Morgan fingerprint density at radius 3 is 2.89 bits per heavy atom. The second kappa shape index (κ2) is 7.60. The Balaban J connectivity index is 1.77. The van der Waals surface area contributed by atoms with E-state index in [-0.39, 0.29) is 0 Å². The molecule has 0 bridgehead atoms. The van der Waals surface area contributed by atoms with Crippen molar-refractivity contribution in [1.29, 1.82) is 0 Å². The quantitative estimate of drug-likeness (QED) is 0.786. The van der Waals surface area contributed by atoms with E-state index in [2.05, 4.69) is 22.3 Å². The topological polar surface area (TPSA) is 63.0 Å². The molecule has 2 unspecified atom stereocenters. The van der Waals surface area contributed by atoms with Crippen molar-refractivity contribution in [2.24, 2.45) is 11.8 Å². The van der Waals surface area contributed by atoms with Gasteiger partial charge in [-0.1, -0.05) is 19.8 Å². The van der Waals surface area contributed by atoms with Crippen LogP contribution in [0.4, 0.5) is 0 Å². The Morgan fingerprint density at radius 2 is 2.16 bits per heavy atom. The first kappa shape index (κ1) is 14.5. The molecule has 0 spiro atoms. The van der Waals surface area contributed by atoms with Crippen LogP contribution < -0.4 is 5.32 Å². The molecule has 2 atom stereocenters. The SMILES string of the molecule is CCCn1ncnc1CNCC1CCCCC1CO. The number of rotatable bonds is 7. The van der Waals surface area contributed by atoms with Gasteiger partial charge in [0.15, 0.2) is 0 Å². The molecular formula is C14H26N4O. The highest BCUT2D eigenvalue weighted by molar-refractivity contribution is 4.85. The molecule has 5 nitrogen and oxygen atoms in total. The van der Waals surface area contributed by atoms with Crippen molar-refractivity contribution < 1.29 is 5.11 Å². The third-order valence-electron chi connectivity index (χ3n) is 4.12. The van der Waals surface area contributed by atoms with Crippen LogP contribution in [0.1, 0.15) is 44.9 Å². The van der Waals surface area contributed by atoms with E-state index >= 15 is 0 Å². The minimum absolute atomic E-state index is 0.332. The van der Waals surface area contributed by atoms with Crippen molar-refractivity contribution >= 4 is 0 Å². The molecule has 0 aromatic carbocycles. The summed E-state index contributed by atoms with van der Waals surface area (Å²) in [5.74, 6) is 2.11. The minimum atomic E-state index is 0.332. The number of aryl methyl sites for hydroxylation is 1. The van der Waals surface area contributed by atoms with Gasteiger partial charge in [-0.15, -0.1) is 0 Å². The summed E-state index contributed by atoms with van der Waals surface area (Å²) in [5.41, 5.74) is 0. The Kier molecular flexibility index (Phi) is 5.79. The van der Waals surface area contributed by atoms with Gasteiger partial charge in [0.1, 0.15) is 12.2 Å². The molecule has 0 saturated heterocycles. The van der Waals surface area contributed by atoms with Crippen molar-refractivity contribution in [3.8, 4) is 0 Å². The smallest absolute Gasteiger partial charge is 0.140 e. The van der Waals surface area contributed by atoms with E-state index in [0.717, 1.165) is 31.9 Å². The van der Waals surface area contributed by atoms with Crippen LogP contribution >= 0.6 is 0 Å². The zero-order valence-electron chi connectivity index (χ0n) is 11.9. The minimum Gasteiger partial charge on any atom is -0.396 e. The van der Waals surface area contributed by atoms with Gasteiger partial charge in [-0.25, -0.2) is 9.67 Å². The highest BCUT2D eigenvalue weighted by Gasteiger charge is 2.23. The van der Waals surface area contributed by atoms with E-state index in [1.165, 1.54) is 25.7 Å². The molecule has 2 N–H and O–H groups in total. The van der Waals surface area contributed by atoms with E-state index in [1.54, 1.807) is 6.33 Å². The van der Waals surface area contributed by atoms with Gasteiger partial charge in [-0.3, -0.25) is 0 Å². The third kappa shape index (κ3) is 4.01. The van der Waals surface area contributed by atoms with Crippen LogP contribution in [-0.4, -0.2) is 33.0 Å². The molecular weight excluding hydrogens is 240 g/mol. The van der Waals surface area contributed by atoms with Gasteiger partial charge in [0, 0.05) is 13.2 Å². The van der Waals surface area contributed by atoms with Gasteiger partial charge < -0.3 is 10.4 Å². The number of aliphatic hydroxyl groups excluding tert-OH is 1. The second-order valence-corrected chi connectivity index (χ2v) is 5.52. The van der Waals surface area contributed by atoms with E-state index in [0.29, 0.717) is 18.4 Å².